The van der Waals surface area contributed by atoms with E-state index in [1.807, 2.05) is 0 Å². The van der Waals surface area contributed by atoms with E-state index >= 15 is 0 Å². The molecule has 0 aliphatic carbocycles. The molecule has 0 saturated heterocycles. The van der Waals surface area contributed by atoms with Crippen LogP contribution >= 0.6 is 0 Å². The summed E-state index contributed by atoms with van der Waals surface area (Å²) in [5.41, 5.74) is 1.68. The summed E-state index contributed by atoms with van der Waals surface area (Å²) in [6.07, 6.45) is 0. The molecule has 30 heavy (non-hydrogen) atoms. The van der Waals surface area contributed by atoms with E-state index in [2.05, 4.69) is 0 Å². The van der Waals surface area contributed by atoms with Gasteiger partial charge in [0.05, 0.1) is 31.5 Å². The second-order valence-electron chi connectivity index (χ2n) is 6.44. The molecule has 2 aromatic carbocycles. The molecule has 0 heterocycles. The average Bonchev–Trinajstić information content (AvgIpc) is 2.74. The molecule has 1 N–H and O–H groups in total. The van der Waals surface area contributed by atoms with Crippen molar-refractivity contribution in [1.82, 2.24) is 0 Å². The minimum Gasteiger partial charge on any atom is -0.508 e. The van der Waals surface area contributed by atoms with Gasteiger partial charge in [-0.05, 0) is 48.7 Å². The Morgan fingerprint density at radius 2 is 1.63 bits per heavy atom. The van der Waals surface area contributed by atoms with Gasteiger partial charge in [-0.1, -0.05) is 12.1 Å². The normalized spacial score (nSPS) is 10.5. The first-order valence-corrected chi connectivity index (χ1v) is 9.11. The molecule has 0 aliphatic rings. The molecular weight excluding hydrogens is 392 g/mol. The zero-order chi connectivity index (χ0) is 22.3. The zero-order valence-electron chi connectivity index (χ0n) is 17.3. The van der Waals surface area contributed by atoms with Crippen molar-refractivity contribution in [3.63, 3.8) is 0 Å². The highest BCUT2D eigenvalue weighted by Crippen LogP contribution is 2.33. The van der Waals surface area contributed by atoms with Crippen LogP contribution < -0.4 is 0 Å². The third-order valence-corrected chi connectivity index (χ3v) is 4.38. The Balaban J connectivity index is 2.51. The molecule has 8 nitrogen and oxygen atoms in total. The predicted octanol–water partition coefficient (Wildman–Crippen LogP) is 3.13. The lowest BCUT2D eigenvalue weighted by Crippen LogP contribution is -2.13. The number of Topliss-reactive ketones (excluding diaryl/α,β-unsaturated/α-hetero) is 1. The number of rotatable bonds is 9. The first-order chi connectivity index (χ1) is 14.3. The van der Waals surface area contributed by atoms with Crippen LogP contribution in [0.4, 0.5) is 0 Å². The van der Waals surface area contributed by atoms with E-state index in [9.17, 15) is 19.5 Å². The number of hydrogen-bond donors (Lipinski definition) is 1. The van der Waals surface area contributed by atoms with Crippen molar-refractivity contribution >= 4 is 17.7 Å². The molecule has 2 rings (SSSR count). The van der Waals surface area contributed by atoms with E-state index in [0.717, 1.165) is 0 Å². The third-order valence-electron chi connectivity index (χ3n) is 4.38. The molecule has 0 bridgehead atoms. The van der Waals surface area contributed by atoms with Gasteiger partial charge in [0.2, 0.25) is 0 Å². The van der Waals surface area contributed by atoms with E-state index in [0.29, 0.717) is 28.9 Å². The summed E-state index contributed by atoms with van der Waals surface area (Å²) < 4.78 is 20.0. The van der Waals surface area contributed by atoms with Crippen LogP contribution in [0.3, 0.4) is 0 Å². The van der Waals surface area contributed by atoms with Gasteiger partial charge in [-0.25, -0.2) is 9.59 Å². The molecule has 0 spiro atoms. The fourth-order valence-corrected chi connectivity index (χ4v) is 2.74. The fraction of sp³-hybridized carbons (Fsp3) is 0.318. The summed E-state index contributed by atoms with van der Waals surface area (Å²) in [7, 11) is 2.74. The van der Waals surface area contributed by atoms with Gasteiger partial charge in [0.15, 0.2) is 12.6 Å². The number of hydrogen-bond acceptors (Lipinski definition) is 8. The van der Waals surface area contributed by atoms with Crippen molar-refractivity contribution in [1.29, 1.82) is 0 Å². The van der Waals surface area contributed by atoms with Gasteiger partial charge in [-0.3, -0.25) is 4.79 Å². The smallest absolute Gasteiger partial charge is 0.341 e. The predicted molar refractivity (Wildman–Crippen MR) is 108 cm³/mol. The van der Waals surface area contributed by atoms with Crippen LogP contribution in [-0.2, 0) is 18.9 Å². The molecular formula is C22H24O8. The summed E-state index contributed by atoms with van der Waals surface area (Å²) in [4.78, 5) is 36.7. The SMILES string of the molecule is COCCOCOC(=O)c1cc(O)c(C)cc1-c1ccc(C(C)=O)cc1C(=O)OC. The van der Waals surface area contributed by atoms with Gasteiger partial charge in [-0.2, -0.15) is 0 Å². The molecule has 0 aromatic heterocycles. The number of ether oxygens (including phenoxy) is 4. The van der Waals surface area contributed by atoms with Gasteiger partial charge in [0.25, 0.3) is 0 Å². The second kappa shape index (κ2) is 10.5. The first-order valence-electron chi connectivity index (χ1n) is 9.11. The van der Waals surface area contributed by atoms with E-state index in [1.54, 1.807) is 25.1 Å². The lowest BCUT2D eigenvalue weighted by atomic mass is 9.91. The highest BCUT2D eigenvalue weighted by molar-refractivity contribution is 6.05. The van der Waals surface area contributed by atoms with Crippen LogP contribution in [-0.4, -0.2) is 57.1 Å². The number of methoxy groups -OCH3 is 2. The maximum absolute atomic E-state index is 12.6. The standard InChI is InChI=1S/C22H24O8/c1-13-9-17(16-6-5-15(14(2)23)10-18(16)21(25)28-4)19(11-20(13)24)22(26)30-12-29-8-7-27-3/h5-6,9-11,24H,7-8,12H2,1-4H3. The number of benzene rings is 2. The van der Waals surface area contributed by atoms with Crippen molar-refractivity contribution in [3.8, 4) is 16.9 Å². The number of aryl methyl sites for hydroxylation is 1. The fourth-order valence-electron chi connectivity index (χ4n) is 2.74. The summed E-state index contributed by atoms with van der Waals surface area (Å²) in [5.74, 6) is -1.74. The van der Waals surface area contributed by atoms with Crippen LogP contribution in [0.5, 0.6) is 5.75 Å². The molecule has 0 radical (unpaired) electrons. The second-order valence-corrected chi connectivity index (χ2v) is 6.44. The molecule has 160 valence electrons. The van der Waals surface area contributed by atoms with Crippen LogP contribution in [0, 0.1) is 6.92 Å². The quantitative estimate of drug-likeness (QED) is 0.287. The molecule has 0 saturated carbocycles. The molecule has 0 fully saturated rings. The minimum absolute atomic E-state index is 0.0363. The Morgan fingerprint density at radius 1 is 0.933 bits per heavy atom. The number of carbonyl (C=O) groups excluding carboxylic acids is 3. The zero-order valence-corrected chi connectivity index (χ0v) is 17.3. The summed E-state index contributed by atoms with van der Waals surface area (Å²) in [6, 6.07) is 7.35. The number of esters is 2. The van der Waals surface area contributed by atoms with Crippen LogP contribution in [0.15, 0.2) is 30.3 Å². The molecule has 0 atom stereocenters. The number of carbonyl (C=O) groups is 3. The minimum atomic E-state index is -0.746. The van der Waals surface area contributed by atoms with Gasteiger partial charge in [0.1, 0.15) is 5.75 Å². The van der Waals surface area contributed by atoms with Crippen LogP contribution in [0.1, 0.15) is 43.6 Å². The highest BCUT2D eigenvalue weighted by Gasteiger charge is 2.22. The lowest BCUT2D eigenvalue weighted by Gasteiger charge is -2.15. The number of ketones is 1. The van der Waals surface area contributed by atoms with Crippen molar-refractivity contribution in [2.75, 3.05) is 34.2 Å². The Morgan fingerprint density at radius 3 is 2.27 bits per heavy atom. The molecule has 8 heteroatoms. The molecule has 0 amide bonds. The first kappa shape index (κ1) is 23.1. The van der Waals surface area contributed by atoms with Gasteiger partial charge < -0.3 is 24.1 Å². The van der Waals surface area contributed by atoms with E-state index in [-0.39, 0.29) is 36.1 Å². The monoisotopic (exact) mass is 416 g/mol. The molecule has 0 aliphatic heterocycles. The summed E-state index contributed by atoms with van der Waals surface area (Å²) in [5, 5.41) is 10.1. The average molecular weight is 416 g/mol. The Kier molecular flexibility index (Phi) is 8.08. The van der Waals surface area contributed by atoms with Crippen LogP contribution in [0.25, 0.3) is 11.1 Å². The van der Waals surface area contributed by atoms with E-state index in [1.165, 1.54) is 33.3 Å². The topological polar surface area (TPSA) is 108 Å². The largest absolute Gasteiger partial charge is 0.508 e. The lowest BCUT2D eigenvalue weighted by molar-refractivity contribution is -0.0435. The van der Waals surface area contributed by atoms with Gasteiger partial charge in [-0.15, -0.1) is 0 Å². The van der Waals surface area contributed by atoms with Gasteiger partial charge >= 0.3 is 11.9 Å². The number of phenolic OH excluding ortho intramolecular Hbond substituents is 1. The Bertz CT molecular complexity index is 948. The highest BCUT2D eigenvalue weighted by atomic mass is 16.7. The Labute approximate surface area is 174 Å². The van der Waals surface area contributed by atoms with Crippen molar-refractivity contribution in [3.05, 3.63) is 52.6 Å². The number of phenols is 1. The molecule has 2 aromatic rings. The van der Waals surface area contributed by atoms with Gasteiger partial charge in [0, 0.05) is 12.7 Å². The van der Waals surface area contributed by atoms with E-state index in [4.69, 9.17) is 18.9 Å². The maximum atomic E-state index is 12.6. The third kappa shape index (κ3) is 5.43. The van der Waals surface area contributed by atoms with Crippen molar-refractivity contribution < 1.29 is 38.4 Å². The van der Waals surface area contributed by atoms with Crippen LogP contribution in [0.2, 0.25) is 0 Å². The van der Waals surface area contributed by atoms with Crippen molar-refractivity contribution in [2.45, 2.75) is 13.8 Å². The molecule has 0 unspecified atom stereocenters. The summed E-state index contributed by atoms with van der Waals surface area (Å²) >= 11 is 0. The number of aromatic hydroxyl groups is 1. The Hall–Kier alpha value is -3.23. The van der Waals surface area contributed by atoms with Crippen molar-refractivity contribution in [2.24, 2.45) is 0 Å². The summed E-state index contributed by atoms with van der Waals surface area (Å²) in [6.45, 7) is 3.33. The maximum Gasteiger partial charge on any atom is 0.341 e. The van der Waals surface area contributed by atoms with E-state index < -0.39 is 11.9 Å².